The lowest BCUT2D eigenvalue weighted by molar-refractivity contribution is -0.119. The maximum atomic E-state index is 11.2. The molecule has 1 amide bonds. The molecule has 1 atom stereocenters. The zero-order valence-corrected chi connectivity index (χ0v) is 10.9. The molecule has 0 spiro atoms. The van der Waals surface area contributed by atoms with Gasteiger partial charge in [-0.25, -0.2) is 0 Å². The van der Waals surface area contributed by atoms with Gasteiger partial charge in [0.05, 0.1) is 7.11 Å². The van der Waals surface area contributed by atoms with Crippen molar-refractivity contribution in [2.75, 3.05) is 13.7 Å². The van der Waals surface area contributed by atoms with Crippen LogP contribution >= 0.6 is 0 Å². The first-order valence-corrected chi connectivity index (χ1v) is 6.87. The number of carbonyl (C=O) groups is 1. The topological polar surface area (TPSA) is 102 Å². The number of carbonyl (C=O) groups excluding carboxylic acids is 1. The highest BCUT2D eigenvalue weighted by Crippen LogP contribution is 2.33. The lowest BCUT2D eigenvalue weighted by Crippen LogP contribution is -2.13. The molecule has 0 radical (unpaired) electrons. The maximum Gasteiger partial charge on any atom is 0.446 e. The van der Waals surface area contributed by atoms with E-state index in [2.05, 4.69) is 9.50 Å². The fourth-order valence-corrected chi connectivity index (χ4v) is 2.32. The van der Waals surface area contributed by atoms with Crippen molar-refractivity contribution in [1.82, 2.24) is 5.32 Å². The average Bonchev–Trinajstić information content (AvgIpc) is 2.74. The summed E-state index contributed by atoms with van der Waals surface area (Å²) in [5.74, 6) is -0.0410. The van der Waals surface area contributed by atoms with E-state index in [-0.39, 0.29) is 23.3 Å². The molecule has 2 rings (SSSR count). The Morgan fingerprint density at radius 3 is 2.63 bits per heavy atom. The Bertz CT molecular complexity index is 597. The van der Waals surface area contributed by atoms with E-state index >= 15 is 0 Å². The van der Waals surface area contributed by atoms with E-state index in [0.717, 1.165) is 5.56 Å². The van der Waals surface area contributed by atoms with Crippen LogP contribution in [0.2, 0.25) is 0 Å². The van der Waals surface area contributed by atoms with Gasteiger partial charge in [0.1, 0.15) is 0 Å². The van der Waals surface area contributed by atoms with Gasteiger partial charge < -0.3 is 14.2 Å². The van der Waals surface area contributed by atoms with Crippen LogP contribution in [0.1, 0.15) is 17.9 Å². The number of hydrogen-bond donors (Lipinski definition) is 2. The first-order valence-electron chi connectivity index (χ1n) is 5.50. The second kappa shape index (κ2) is 5.06. The summed E-state index contributed by atoms with van der Waals surface area (Å²) < 4.78 is 39.6. The quantitative estimate of drug-likeness (QED) is 0.781. The second-order valence-electron chi connectivity index (χ2n) is 4.13. The first kappa shape index (κ1) is 13.6. The Morgan fingerprint density at radius 1 is 1.37 bits per heavy atom. The van der Waals surface area contributed by atoms with Gasteiger partial charge in [-0.05, 0) is 17.7 Å². The third kappa shape index (κ3) is 3.36. The monoisotopic (exact) mass is 287 g/mol. The third-order valence-electron chi connectivity index (χ3n) is 2.83. The molecular weight excluding hydrogens is 274 g/mol. The molecule has 1 aliphatic heterocycles. The molecule has 1 fully saturated rings. The normalized spacial score (nSPS) is 19.1. The minimum atomic E-state index is -4.62. The minimum Gasteiger partial charge on any atom is -0.493 e. The largest absolute Gasteiger partial charge is 0.493 e. The van der Waals surface area contributed by atoms with E-state index in [1.165, 1.54) is 19.2 Å². The van der Waals surface area contributed by atoms with Gasteiger partial charge in [0.15, 0.2) is 11.5 Å². The molecule has 7 nitrogen and oxygen atoms in total. The summed E-state index contributed by atoms with van der Waals surface area (Å²) in [6, 6.07) is 4.69. The summed E-state index contributed by atoms with van der Waals surface area (Å²) in [6.07, 6.45) is 0.331. The predicted octanol–water partition coefficient (Wildman–Crippen LogP) is 0.480. The van der Waals surface area contributed by atoms with Crippen LogP contribution < -0.4 is 14.2 Å². The summed E-state index contributed by atoms with van der Waals surface area (Å²) in [5.41, 5.74) is 0.734. The van der Waals surface area contributed by atoms with E-state index in [4.69, 9.17) is 9.29 Å². The number of nitrogens with one attached hydrogen (secondary N) is 1. The summed E-state index contributed by atoms with van der Waals surface area (Å²) in [4.78, 5) is 11.2. The molecule has 0 bridgehead atoms. The highest BCUT2D eigenvalue weighted by molar-refractivity contribution is 7.81. The number of methoxy groups -OCH3 is 1. The molecule has 1 heterocycles. The van der Waals surface area contributed by atoms with Gasteiger partial charge in [-0.15, -0.1) is 0 Å². The summed E-state index contributed by atoms with van der Waals surface area (Å²) in [6.45, 7) is 0.483. The van der Waals surface area contributed by atoms with Crippen LogP contribution in [-0.2, 0) is 15.2 Å². The van der Waals surface area contributed by atoms with E-state index in [9.17, 15) is 13.2 Å². The fraction of sp³-hybridized carbons (Fsp3) is 0.364. The molecule has 104 valence electrons. The summed E-state index contributed by atoms with van der Waals surface area (Å²) in [5, 5.41) is 2.69. The SMILES string of the molecule is COc1ccc([C@H]2CNC(=O)C2)cc1OS(=O)(=O)O. The molecule has 1 aromatic carbocycles. The number of amides is 1. The van der Waals surface area contributed by atoms with E-state index in [0.29, 0.717) is 13.0 Å². The van der Waals surface area contributed by atoms with Gasteiger partial charge in [0.2, 0.25) is 5.91 Å². The van der Waals surface area contributed by atoms with Crippen molar-refractivity contribution in [2.45, 2.75) is 12.3 Å². The molecule has 19 heavy (non-hydrogen) atoms. The Morgan fingerprint density at radius 2 is 2.11 bits per heavy atom. The Kier molecular flexibility index (Phi) is 3.63. The molecule has 1 saturated heterocycles. The van der Waals surface area contributed by atoms with Crippen molar-refractivity contribution in [3.63, 3.8) is 0 Å². The molecule has 8 heteroatoms. The molecule has 0 saturated carbocycles. The molecule has 1 aliphatic rings. The summed E-state index contributed by atoms with van der Waals surface area (Å²) in [7, 11) is -3.27. The van der Waals surface area contributed by atoms with Crippen LogP contribution in [0.5, 0.6) is 11.5 Å². The van der Waals surface area contributed by atoms with E-state index < -0.39 is 10.4 Å². The summed E-state index contributed by atoms with van der Waals surface area (Å²) >= 11 is 0. The number of hydrogen-bond acceptors (Lipinski definition) is 5. The van der Waals surface area contributed by atoms with Gasteiger partial charge >= 0.3 is 10.4 Å². The molecule has 1 aromatic rings. The Hall–Kier alpha value is -1.80. The van der Waals surface area contributed by atoms with Crippen LogP contribution in [0.25, 0.3) is 0 Å². The lowest BCUT2D eigenvalue weighted by Gasteiger charge is -2.12. The predicted molar refractivity (Wildman–Crippen MR) is 65.5 cm³/mol. The standard InChI is InChI=1S/C11H13NO6S/c1-17-9-3-2-7(8-5-11(13)12-6-8)4-10(9)18-19(14,15)16/h2-4,8H,5-6H2,1H3,(H,12,13)(H,14,15,16)/t8-/m1/s1. The average molecular weight is 287 g/mol. The Labute approximate surface area is 110 Å². The van der Waals surface area contributed by atoms with Gasteiger partial charge in [-0.1, -0.05) is 6.07 Å². The highest BCUT2D eigenvalue weighted by Gasteiger charge is 2.24. The molecular formula is C11H13NO6S. The Balaban J connectivity index is 2.32. The van der Waals surface area contributed by atoms with Gasteiger partial charge in [-0.2, -0.15) is 8.42 Å². The van der Waals surface area contributed by atoms with Gasteiger partial charge in [0.25, 0.3) is 0 Å². The number of rotatable bonds is 4. The zero-order valence-electron chi connectivity index (χ0n) is 10.1. The van der Waals surface area contributed by atoms with Crippen molar-refractivity contribution in [3.05, 3.63) is 23.8 Å². The van der Waals surface area contributed by atoms with Gasteiger partial charge in [0, 0.05) is 18.9 Å². The molecule has 0 aliphatic carbocycles. The first-order chi connectivity index (χ1) is 8.89. The second-order valence-corrected chi connectivity index (χ2v) is 5.15. The zero-order chi connectivity index (χ0) is 14.0. The smallest absolute Gasteiger partial charge is 0.446 e. The van der Waals surface area contributed by atoms with E-state index in [1.807, 2.05) is 0 Å². The lowest BCUT2D eigenvalue weighted by atomic mass is 9.98. The fourth-order valence-electron chi connectivity index (χ4n) is 1.97. The molecule has 0 aromatic heterocycles. The molecule has 0 unspecified atom stereocenters. The van der Waals surface area contributed by atoms with Crippen LogP contribution in [-0.4, -0.2) is 32.5 Å². The maximum absolute atomic E-state index is 11.2. The van der Waals surface area contributed by atoms with Crippen LogP contribution in [0, 0.1) is 0 Å². The highest BCUT2D eigenvalue weighted by atomic mass is 32.3. The van der Waals surface area contributed by atoms with Gasteiger partial charge in [-0.3, -0.25) is 9.35 Å². The van der Waals surface area contributed by atoms with Crippen molar-refractivity contribution in [3.8, 4) is 11.5 Å². The molecule has 2 N–H and O–H groups in total. The van der Waals surface area contributed by atoms with Crippen LogP contribution in [0.4, 0.5) is 0 Å². The van der Waals surface area contributed by atoms with E-state index in [1.54, 1.807) is 6.07 Å². The number of benzene rings is 1. The number of ether oxygens (including phenoxy) is 1. The van der Waals surface area contributed by atoms with Crippen molar-refractivity contribution < 1.29 is 26.7 Å². The van der Waals surface area contributed by atoms with Crippen molar-refractivity contribution in [2.24, 2.45) is 0 Å². The van der Waals surface area contributed by atoms with Crippen LogP contribution in [0.3, 0.4) is 0 Å². The third-order valence-corrected chi connectivity index (χ3v) is 3.22. The van der Waals surface area contributed by atoms with Crippen molar-refractivity contribution >= 4 is 16.3 Å². The minimum absolute atomic E-state index is 0.0536. The van der Waals surface area contributed by atoms with Crippen LogP contribution in [0.15, 0.2) is 18.2 Å². The van der Waals surface area contributed by atoms with Crippen molar-refractivity contribution in [1.29, 1.82) is 0 Å².